The van der Waals surface area contributed by atoms with Gasteiger partial charge in [0, 0.05) is 11.5 Å². The van der Waals surface area contributed by atoms with E-state index >= 15 is 0 Å². The van der Waals surface area contributed by atoms with E-state index in [1.807, 2.05) is 0 Å². The van der Waals surface area contributed by atoms with Crippen molar-refractivity contribution in [2.75, 3.05) is 0 Å². The molecule has 4 nitrogen and oxygen atoms in total. The van der Waals surface area contributed by atoms with Crippen LogP contribution in [0.5, 0.6) is 0 Å². The highest BCUT2D eigenvalue weighted by Gasteiger charge is 2.14. The number of rotatable bonds is 3. The summed E-state index contributed by atoms with van der Waals surface area (Å²) < 4.78 is 41.2. The summed E-state index contributed by atoms with van der Waals surface area (Å²) in [5.41, 5.74) is 3.24. The standard InChI is InChI=1S/C22H13F3N4/c23-13-4-1-12(2-5-13)3-7-18-16-10-15(17(25)11-20(16)29-28-18)22-26-19-8-6-14(24)9-21(19)27-22/h1-11H,(H,26,27)(H,28,29)/b7-3+. The van der Waals surface area contributed by atoms with Gasteiger partial charge in [-0.1, -0.05) is 18.2 Å². The van der Waals surface area contributed by atoms with E-state index in [-0.39, 0.29) is 11.4 Å². The molecule has 142 valence electrons. The zero-order valence-corrected chi connectivity index (χ0v) is 14.9. The third kappa shape index (κ3) is 3.16. The first-order chi connectivity index (χ1) is 14.1. The fourth-order valence-corrected chi connectivity index (χ4v) is 3.23. The molecule has 2 aromatic heterocycles. The van der Waals surface area contributed by atoms with E-state index in [4.69, 9.17) is 0 Å². The van der Waals surface area contributed by atoms with Gasteiger partial charge in [-0.2, -0.15) is 5.10 Å². The highest BCUT2D eigenvalue weighted by atomic mass is 19.1. The van der Waals surface area contributed by atoms with Crippen molar-refractivity contribution in [2.45, 2.75) is 0 Å². The average Bonchev–Trinajstić information content (AvgIpc) is 3.30. The number of fused-ring (bicyclic) bond motifs is 2. The van der Waals surface area contributed by atoms with E-state index in [1.165, 1.54) is 36.4 Å². The van der Waals surface area contributed by atoms with Crippen LogP contribution in [0.1, 0.15) is 11.3 Å². The Labute approximate surface area is 162 Å². The molecule has 0 unspecified atom stereocenters. The second-order valence-corrected chi connectivity index (χ2v) is 6.62. The molecule has 2 heterocycles. The summed E-state index contributed by atoms with van der Waals surface area (Å²) in [5, 5.41) is 7.73. The molecule has 5 rings (SSSR count). The summed E-state index contributed by atoms with van der Waals surface area (Å²) in [6.45, 7) is 0. The number of imidazole rings is 1. The fourth-order valence-electron chi connectivity index (χ4n) is 3.23. The minimum Gasteiger partial charge on any atom is -0.338 e. The number of hydrogen-bond acceptors (Lipinski definition) is 2. The first kappa shape index (κ1) is 17.2. The Hall–Kier alpha value is -3.87. The molecule has 2 N–H and O–H groups in total. The van der Waals surface area contributed by atoms with E-state index in [1.54, 1.807) is 30.4 Å². The predicted octanol–water partition coefficient (Wildman–Crippen LogP) is 5.69. The smallest absolute Gasteiger partial charge is 0.141 e. The summed E-state index contributed by atoms with van der Waals surface area (Å²) in [6, 6.07) is 13.2. The van der Waals surface area contributed by atoms with Crippen molar-refractivity contribution in [3.05, 3.63) is 83.3 Å². The molecular formula is C22H13F3N4. The molecule has 0 fully saturated rings. The van der Waals surface area contributed by atoms with Crippen LogP contribution >= 0.6 is 0 Å². The molecule has 0 aliphatic carbocycles. The van der Waals surface area contributed by atoms with Crippen molar-refractivity contribution in [3.63, 3.8) is 0 Å². The summed E-state index contributed by atoms with van der Waals surface area (Å²) >= 11 is 0. The number of H-pyrrole nitrogens is 2. The monoisotopic (exact) mass is 390 g/mol. The number of hydrogen-bond donors (Lipinski definition) is 2. The van der Waals surface area contributed by atoms with Crippen LogP contribution in [0.4, 0.5) is 13.2 Å². The number of halogens is 3. The molecule has 0 bridgehead atoms. The van der Waals surface area contributed by atoms with Crippen molar-refractivity contribution >= 4 is 34.1 Å². The van der Waals surface area contributed by atoms with Crippen LogP contribution in [0.15, 0.2) is 54.6 Å². The second-order valence-electron chi connectivity index (χ2n) is 6.62. The number of aromatic nitrogens is 4. The normalized spacial score (nSPS) is 11.8. The molecule has 0 aliphatic rings. The van der Waals surface area contributed by atoms with Crippen LogP contribution in [-0.2, 0) is 0 Å². The largest absolute Gasteiger partial charge is 0.338 e. The molecule has 0 atom stereocenters. The number of nitrogens with zero attached hydrogens (tertiary/aromatic N) is 2. The Morgan fingerprint density at radius 3 is 2.41 bits per heavy atom. The van der Waals surface area contributed by atoms with Crippen LogP contribution < -0.4 is 0 Å². The van der Waals surface area contributed by atoms with E-state index in [0.29, 0.717) is 33.5 Å². The Bertz CT molecular complexity index is 1380. The Morgan fingerprint density at radius 2 is 1.59 bits per heavy atom. The highest BCUT2D eigenvalue weighted by Crippen LogP contribution is 2.29. The second kappa shape index (κ2) is 6.63. The molecule has 0 radical (unpaired) electrons. The maximum absolute atomic E-state index is 14.7. The van der Waals surface area contributed by atoms with E-state index in [0.717, 1.165) is 5.56 Å². The molecule has 0 spiro atoms. The van der Waals surface area contributed by atoms with Gasteiger partial charge in [0.15, 0.2) is 0 Å². The van der Waals surface area contributed by atoms with Gasteiger partial charge in [-0.15, -0.1) is 0 Å². The van der Waals surface area contributed by atoms with Crippen molar-refractivity contribution in [1.29, 1.82) is 0 Å². The summed E-state index contributed by atoms with van der Waals surface area (Å²) in [6.07, 6.45) is 3.56. The number of aromatic amines is 2. The molecule has 5 aromatic rings. The lowest BCUT2D eigenvalue weighted by atomic mass is 10.1. The highest BCUT2D eigenvalue weighted by molar-refractivity contribution is 5.92. The maximum atomic E-state index is 14.7. The van der Waals surface area contributed by atoms with Gasteiger partial charge >= 0.3 is 0 Å². The Kier molecular flexibility index (Phi) is 3.94. The predicted molar refractivity (Wildman–Crippen MR) is 106 cm³/mol. The zero-order chi connectivity index (χ0) is 20.0. The van der Waals surface area contributed by atoms with Gasteiger partial charge in [0.05, 0.1) is 27.8 Å². The van der Waals surface area contributed by atoms with Crippen LogP contribution in [-0.4, -0.2) is 20.2 Å². The van der Waals surface area contributed by atoms with Crippen molar-refractivity contribution in [3.8, 4) is 11.4 Å². The lowest BCUT2D eigenvalue weighted by Gasteiger charge is -2.00. The molecule has 0 saturated heterocycles. The average molecular weight is 390 g/mol. The lowest BCUT2D eigenvalue weighted by Crippen LogP contribution is -1.87. The molecular weight excluding hydrogens is 377 g/mol. The van der Waals surface area contributed by atoms with Gasteiger partial charge < -0.3 is 4.98 Å². The van der Waals surface area contributed by atoms with E-state index in [2.05, 4.69) is 20.2 Å². The minimum atomic E-state index is -0.477. The number of benzene rings is 3. The number of nitrogens with one attached hydrogen (secondary N) is 2. The van der Waals surface area contributed by atoms with Crippen molar-refractivity contribution in [2.24, 2.45) is 0 Å². The fraction of sp³-hybridized carbons (Fsp3) is 0. The Morgan fingerprint density at radius 1 is 0.793 bits per heavy atom. The molecule has 29 heavy (non-hydrogen) atoms. The lowest BCUT2D eigenvalue weighted by molar-refractivity contribution is 0.627. The van der Waals surface area contributed by atoms with Crippen LogP contribution in [0.25, 0.3) is 45.5 Å². The zero-order valence-electron chi connectivity index (χ0n) is 14.9. The van der Waals surface area contributed by atoms with Crippen LogP contribution in [0.3, 0.4) is 0 Å². The summed E-state index contributed by atoms with van der Waals surface area (Å²) in [5.74, 6) is -0.876. The topological polar surface area (TPSA) is 57.4 Å². The van der Waals surface area contributed by atoms with E-state index in [9.17, 15) is 13.2 Å². The maximum Gasteiger partial charge on any atom is 0.141 e. The van der Waals surface area contributed by atoms with Gasteiger partial charge in [0.1, 0.15) is 23.3 Å². The van der Waals surface area contributed by atoms with Crippen molar-refractivity contribution < 1.29 is 13.2 Å². The molecule has 0 aliphatic heterocycles. The third-order valence-electron chi connectivity index (χ3n) is 4.68. The third-order valence-corrected chi connectivity index (χ3v) is 4.68. The van der Waals surface area contributed by atoms with E-state index < -0.39 is 11.6 Å². The van der Waals surface area contributed by atoms with Crippen LogP contribution in [0.2, 0.25) is 0 Å². The SMILES string of the molecule is Fc1ccc(/C=C/c2n[nH]c3cc(F)c(-c4nc5ccc(F)cc5[nH]4)cc23)cc1. The molecule has 0 saturated carbocycles. The summed E-state index contributed by atoms with van der Waals surface area (Å²) in [4.78, 5) is 7.32. The van der Waals surface area contributed by atoms with Gasteiger partial charge in [-0.3, -0.25) is 5.10 Å². The molecule has 7 heteroatoms. The Balaban J connectivity index is 1.58. The van der Waals surface area contributed by atoms with Gasteiger partial charge in [-0.25, -0.2) is 18.2 Å². The first-order valence-corrected chi connectivity index (χ1v) is 8.84. The minimum absolute atomic E-state index is 0.256. The molecule has 0 amide bonds. The first-order valence-electron chi connectivity index (χ1n) is 8.84. The van der Waals surface area contributed by atoms with Crippen LogP contribution in [0, 0.1) is 17.5 Å². The molecule has 3 aromatic carbocycles. The van der Waals surface area contributed by atoms with Gasteiger partial charge in [0.25, 0.3) is 0 Å². The van der Waals surface area contributed by atoms with Gasteiger partial charge in [0.2, 0.25) is 0 Å². The van der Waals surface area contributed by atoms with Crippen molar-refractivity contribution in [1.82, 2.24) is 20.2 Å². The van der Waals surface area contributed by atoms with Gasteiger partial charge in [-0.05, 0) is 48.0 Å². The summed E-state index contributed by atoms with van der Waals surface area (Å²) in [7, 11) is 0. The quantitative estimate of drug-likeness (QED) is 0.416.